The Hall–Kier alpha value is -1.77. The second kappa shape index (κ2) is 5.31. The standard InChI is InChI=1S/C17H25N3/c1-11(2)10-14-15(16(18)20-19-14)12-6-8-13(9-7-12)17(3,4)5/h6-9,11H,10H2,1-5H3,(H3,18,19,20). The lowest BCUT2D eigenvalue weighted by atomic mass is 9.86. The lowest BCUT2D eigenvalue weighted by molar-refractivity contribution is 0.590. The summed E-state index contributed by atoms with van der Waals surface area (Å²) in [6.45, 7) is 11.1. The van der Waals surface area contributed by atoms with Gasteiger partial charge in [0.15, 0.2) is 5.82 Å². The highest BCUT2D eigenvalue weighted by Crippen LogP contribution is 2.31. The van der Waals surface area contributed by atoms with Crippen molar-refractivity contribution in [2.45, 2.75) is 46.5 Å². The predicted molar refractivity (Wildman–Crippen MR) is 85.7 cm³/mol. The number of aromatic nitrogens is 2. The van der Waals surface area contributed by atoms with Gasteiger partial charge in [-0.1, -0.05) is 58.9 Å². The summed E-state index contributed by atoms with van der Waals surface area (Å²) in [6.07, 6.45) is 0.959. The van der Waals surface area contributed by atoms with Crippen LogP contribution in [0.1, 0.15) is 45.9 Å². The van der Waals surface area contributed by atoms with Crippen molar-refractivity contribution in [1.82, 2.24) is 10.2 Å². The summed E-state index contributed by atoms with van der Waals surface area (Å²) in [7, 11) is 0. The topological polar surface area (TPSA) is 54.7 Å². The normalized spacial score (nSPS) is 12.1. The highest BCUT2D eigenvalue weighted by Gasteiger charge is 2.16. The molecule has 0 aliphatic heterocycles. The third kappa shape index (κ3) is 3.03. The second-order valence-electron chi connectivity index (χ2n) is 6.89. The molecule has 0 fully saturated rings. The van der Waals surface area contributed by atoms with Gasteiger partial charge in [0.1, 0.15) is 0 Å². The second-order valence-corrected chi connectivity index (χ2v) is 6.89. The number of anilines is 1. The van der Waals surface area contributed by atoms with Crippen LogP contribution in [-0.2, 0) is 11.8 Å². The number of nitrogens with zero attached hydrogens (tertiary/aromatic N) is 1. The number of nitrogens with one attached hydrogen (secondary N) is 1. The minimum Gasteiger partial charge on any atom is -0.382 e. The molecule has 1 aromatic carbocycles. The van der Waals surface area contributed by atoms with Crippen molar-refractivity contribution in [2.75, 3.05) is 5.73 Å². The first kappa shape index (κ1) is 14.6. The fourth-order valence-corrected chi connectivity index (χ4v) is 2.41. The molecule has 0 bridgehead atoms. The van der Waals surface area contributed by atoms with E-state index in [1.807, 2.05) is 0 Å². The van der Waals surface area contributed by atoms with Crippen LogP contribution in [0.2, 0.25) is 0 Å². The highest BCUT2D eigenvalue weighted by molar-refractivity contribution is 5.76. The van der Waals surface area contributed by atoms with Crippen LogP contribution in [0.15, 0.2) is 24.3 Å². The minimum absolute atomic E-state index is 0.168. The van der Waals surface area contributed by atoms with Gasteiger partial charge in [0, 0.05) is 11.3 Å². The van der Waals surface area contributed by atoms with Gasteiger partial charge in [-0.3, -0.25) is 5.10 Å². The molecule has 0 radical (unpaired) electrons. The van der Waals surface area contributed by atoms with Gasteiger partial charge in [0.25, 0.3) is 0 Å². The molecule has 0 aliphatic rings. The molecule has 0 aliphatic carbocycles. The Bertz CT molecular complexity index is 571. The third-order valence-corrected chi connectivity index (χ3v) is 3.52. The first-order valence-electron chi connectivity index (χ1n) is 7.22. The SMILES string of the molecule is CC(C)Cc1[nH]nc(N)c1-c1ccc(C(C)(C)C)cc1. The van der Waals surface area contributed by atoms with E-state index in [2.05, 4.69) is 69.1 Å². The Balaban J connectivity index is 2.39. The molecule has 0 saturated carbocycles. The Morgan fingerprint density at radius 1 is 1.15 bits per heavy atom. The van der Waals surface area contributed by atoms with Crippen LogP contribution in [0.25, 0.3) is 11.1 Å². The van der Waals surface area contributed by atoms with E-state index < -0.39 is 0 Å². The van der Waals surface area contributed by atoms with Crippen LogP contribution in [0.3, 0.4) is 0 Å². The van der Waals surface area contributed by atoms with Crippen LogP contribution >= 0.6 is 0 Å². The van der Waals surface area contributed by atoms with Gasteiger partial charge in [0.2, 0.25) is 0 Å². The van der Waals surface area contributed by atoms with E-state index >= 15 is 0 Å². The molecule has 0 unspecified atom stereocenters. The summed E-state index contributed by atoms with van der Waals surface area (Å²) in [4.78, 5) is 0. The zero-order chi connectivity index (χ0) is 14.9. The van der Waals surface area contributed by atoms with Gasteiger partial charge in [-0.25, -0.2) is 0 Å². The zero-order valence-electron chi connectivity index (χ0n) is 13.1. The lowest BCUT2D eigenvalue weighted by Crippen LogP contribution is -2.10. The van der Waals surface area contributed by atoms with Gasteiger partial charge < -0.3 is 5.73 Å². The van der Waals surface area contributed by atoms with E-state index in [9.17, 15) is 0 Å². The zero-order valence-corrected chi connectivity index (χ0v) is 13.1. The summed E-state index contributed by atoms with van der Waals surface area (Å²) in [5, 5.41) is 7.24. The van der Waals surface area contributed by atoms with Crippen molar-refractivity contribution >= 4 is 5.82 Å². The highest BCUT2D eigenvalue weighted by atomic mass is 15.2. The quantitative estimate of drug-likeness (QED) is 0.881. The maximum Gasteiger partial charge on any atom is 0.153 e. The monoisotopic (exact) mass is 271 g/mol. The Morgan fingerprint density at radius 3 is 2.25 bits per heavy atom. The first-order valence-corrected chi connectivity index (χ1v) is 7.22. The molecule has 1 heterocycles. The van der Waals surface area contributed by atoms with E-state index in [1.165, 1.54) is 5.56 Å². The average Bonchev–Trinajstić information content (AvgIpc) is 2.69. The Labute approximate surface area is 121 Å². The van der Waals surface area contributed by atoms with E-state index in [0.717, 1.165) is 23.2 Å². The number of hydrogen-bond acceptors (Lipinski definition) is 2. The summed E-state index contributed by atoms with van der Waals surface area (Å²) in [5.74, 6) is 1.16. The molecule has 1 aromatic heterocycles. The van der Waals surface area contributed by atoms with Gasteiger partial charge in [-0.05, 0) is 28.9 Å². The summed E-state index contributed by atoms with van der Waals surface area (Å²) < 4.78 is 0. The number of nitrogen functional groups attached to an aromatic ring is 1. The van der Waals surface area contributed by atoms with E-state index in [1.54, 1.807) is 0 Å². The molecule has 3 N–H and O–H groups in total. The maximum absolute atomic E-state index is 6.03. The maximum atomic E-state index is 6.03. The number of rotatable bonds is 3. The van der Waals surface area contributed by atoms with Crippen molar-refractivity contribution in [1.29, 1.82) is 0 Å². The van der Waals surface area contributed by atoms with Gasteiger partial charge in [-0.2, -0.15) is 5.10 Å². The van der Waals surface area contributed by atoms with Crippen LogP contribution < -0.4 is 5.73 Å². The molecule has 0 saturated heterocycles. The number of H-pyrrole nitrogens is 1. The molecular formula is C17H25N3. The van der Waals surface area contributed by atoms with Gasteiger partial charge in [-0.15, -0.1) is 0 Å². The largest absolute Gasteiger partial charge is 0.382 e. The lowest BCUT2D eigenvalue weighted by Gasteiger charge is -2.19. The molecule has 0 atom stereocenters. The molecule has 3 heteroatoms. The number of benzene rings is 1. The van der Waals surface area contributed by atoms with Gasteiger partial charge >= 0.3 is 0 Å². The van der Waals surface area contributed by atoms with Crippen molar-refractivity contribution in [3.05, 3.63) is 35.5 Å². The summed E-state index contributed by atoms with van der Waals surface area (Å²) >= 11 is 0. The molecule has 108 valence electrons. The predicted octanol–water partition coefficient (Wildman–Crippen LogP) is 4.15. The van der Waals surface area contributed by atoms with E-state index in [4.69, 9.17) is 5.73 Å². The molecule has 2 rings (SSSR count). The average molecular weight is 271 g/mol. The number of hydrogen-bond donors (Lipinski definition) is 2. The van der Waals surface area contributed by atoms with E-state index in [0.29, 0.717) is 11.7 Å². The van der Waals surface area contributed by atoms with Crippen molar-refractivity contribution in [3.8, 4) is 11.1 Å². The number of aromatic amines is 1. The van der Waals surface area contributed by atoms with Crippen molar-refractivity contribution in [3.63, 3.8) is 0 Å². The molecule has 20 heavy (non-hydrogen) atoms. The van der Waals surface area contributed by atoms with Crippen LogP contribution in [-0.4, -0.2) is 10.2 Å². The number of nitrogens with two attached hydrogens (primary N) is 1. The summed E-state index contributed by atoms with van der Waals surface area (Å²) in [5.41, 5.74) is 10.8. The van der Waals surface area contributed by atoms with Gasteiger partial charge in [0.05, 0.1) is 0 Å². The van der Waals surface area contributed by atoms with E-state index in [-0.39, 0.29) is 5.41 Å². The van der Waals surface area contributed by atoms with Crippen LogP contribution in [0.4, 0.5) is 5.82 Å². The van der Waals surface area contributed by atoms with Crippen molar-refractivity contribution in [2.24, 2.45) is 5.92 Å². The molecular weight excluding hydrogens is 246 g/mol. The van der Waals surface area contributed by atoms with Crippen LogP contribution in [0, 0.1) is 5.92 Å². The third-order valence-electron chi connectivity index (χ3n) is 3.52. The van der Waals surface area contributed by atoms with Crippen molar-refractivity contribution < 1.29 is 0 Å². The fourth-order valence-electron chi connectivity index (χ4n) is 2.41. The molecule has 3 nitrogen and oxygen atoms in total. The molecule has 0 spiro atoms. The smallest absolute Gasteiger partial charge is 0.153 e. The molecule has 2 aromatic rings. The fraction of sp³-hybridized carbons (Fsp3) is 0.471. The molecule has 0 amide bonds. The summed E-state index contributed by atoms with van der Waals surface area (Å²) in [6, 6.07) is 8.65. The Kier molecular flexibility index (Phi) is 3.89. The minimum atomic E-state index is 0.168. The Morgan fingerprint density at radius 2 is 1.75 bits per heavy atom. The first-order chi connectivity index (χ1) is 9.29. The van der Waals surface area contributed by atoms with Crippen LogP contribution in [0.5, 0.6) is 0 Å².